The first-order chi connectivity index (χ1) is 11.5. The minimum atomic E-state index is -0.850. The van der Waals surface area contributed by atoms with Crippen LogP contribution in [-0.2, 0) is 9.59 Å². The number of carbonyl (C=O) groups excluding carboxylic acids is 3. The number of urea groups is 1. The Morgan fingerprint density at radius 3 is 2.33 bits per heavy atom. The first-order valence-electron chi connectivity index (χ1n) is 7.20. The normalized spacial score (nSPS) is 16.5. The van der Waals surface area contributed by atoms with E-state index in [-0.39, 0.29) is 11.1 Å². The molecule has 0 aromatic heterocycles. The Morgan fingerprint density at radius 2 is 1.67 bits per heavy atom. The zero-order chi connectivity index (χ0) is 17.3. The molecule has 1 fully saturated rings. The van der Waals surface area contributed by atoms with Crippen LogP contribution >= 0.6 is 0 Å². The molecule has 0 radical (unpaired) electrons. The number of rotatable bonds is 2. The summed E-state index contributed by atoms with van der Waals surface area (Å²) in [6.45, 7) is 1.87. The summed E-state index contributed by atoms with van der Waals surface area (Å²) in [5, 5.41) is 2.10. The van der Waals surface area contributed by atoms with Crippen molar-refractivity contribution in [1.29, 1.82) is 0 Å². The lowest BCUT2D eigenvalue weighted by Crippen LogP contribution is -2.54. The van der Waals surface area contributed by atoms with Crippen molar-refractivity contribution >= 4 is 29.6 Å². The maximum atomic E-state index is 13.8. The molecule has 0 saturated carbocycles. The molecule has 0 aliphatic carbocycles. The van der Waals surface area contributed by atoms with Crippen LogP contribution in [0.4, 0.5) is 14.9 Å². The second-order valence-electron chi connectivity index (χ2n) is 5.31. The van der Waals surface area contributed by atoms with E-state index in [1.807, 2.05) is 6.92 Å². The molecule has 0 spiro atoms. The first kappa shape index (κ1) is 15.6. The number of halogens is 1. The van der Waals surface area contributed by atoms with E-state index in [1.54, 1.807) is 30.3 Å². The largest absolute Gasteiger partial charge is 0.335 e. The molecule has 0 atom stereocenters. The van der Waals surface area contributed by atoms with Gasteiger partial charge in [-0.1, -0.05) is 35.9 Å². The molecule has 0 bridgehead atoms. The van der Waals surface area contributed by atoms with Crippen LogP contribution in [0.2, 0.25) is 0 Å². The minimum absolute atomic E-state index is 0.0919. The van der Waals surface area contributed by atoms with Gasteiger partial charge in [0.25, 0.3) is 11.8 Å². The maximum absolute atomic E-state index is 13.8. The maximum Gasteiger partial charge on any atom is 0.335 e. The number of carbonyl (C=O) groups is 3. The van der Waals surface area contributed by atoms with E-state index in [4.69, 9.17) is 0 Å². The van der Waals surface area contributed by atoms with Crippen molar-refractivity contribution in [3.63, 3.8) is 0 Å². The Balaban J connectivity index is 2.03. The van der Waals surface area contributed by atoms with Gasteiger partial charge in [0.15, 0.2) is 0 Å². The lowest BCUT2D eigenvalue weighted by molar-refractivity contribution is -0.122. The van der Waals surface area contributed by atoms with Gasteiger partial charge in [0.2, 0.25) is 0 Å². The van der Waals surface area contributed by atoms with Gasteiger partial charge >= 0.3 is 6.03 Å². The molecule has 6 heteroatoms. The van der Waals surface area contributed by atoms with Crippen LogP contribution in [0.5, 0.6) is 0 Å². The summed E-state index contributed by atoms with van der Waals surface area (Å²) in [7, 11) is 0. The van der Waals surface area contributed by atoms with Crippen LogP contribution in [0.3, 0.4) is 0 Å². The number of benzene rings is 2. The number of hydrogen-bond donors (Lipinski definition) is 1. The molecule has 3 rings (SSSR count). The van der Waals surface area contributed by atoms with Crippen LogP contribution in [0.25, 0.3) is 6.08 Å². The van der Waals surface area contributed by atoms with Gasteiger partial charge in [-0.25, -0.2) is 14.1 Å². The lowest BCUT2D eigenvalue weighted by Gasteiger charge is -2.26. The molecule has 1 aliphatic rings. The van der Waals surface area contributed by atoms with E-state index in [2.05, 4.69) is 5.32 Å². The topological polar surface area (TPSA) is 66.5 Å². The van der Waals surface area contributed by atoms with Crippen LogP contribution in [-0.4, -0.2) is 17.8 Å². The molecule has 5 nitrogen and oxygen atoms in total. The highest BCUT2D eigenvalue weighted by atomic mass is 19.1. The predicted octanol–water partition coefficient (Wildman–Crippen LogP) is 2.80. The second-order valence-corrected chi connectivity index (χ2v) is 5.31. The first-order valence-corrected chi connectivity index (χ1v) is 7.20. The Labute approximate surface area is 137 Å². The van der Waals surface area contributed by atoms with Gasteiger partial charge in [0.05, 0.1) is 5.69 Å². The summed E-state index contributed by atoms with van der Waals surface area (Å²) in [5.41, 5.74) is 1.08. The van der Waals surface area contributed by atoms with E-state index in [0.29, 0.717) is 5.69 Å². The summed E-state index contributed by atoms with van der Waals surface area (Å²) in [6, 6.07) is 11.6. The predicted molar refractivity (Wildman–Crippen MR) is 86.6 cm³/mol. The molecule has 2 aromatic carbocycles. The molecule has 1 N–H and O–H groups in total. The van der Waals surface area contributed by atoms with Crippen LogP contribution in [0.1, 0.15) is 11.1 Å². The van der Waals surface area contributed by atoms with Gasteiger partial charge in [0.1, 0.15) is 11.4 Å². The van der Waals surface area contributed by atoms with E-state index in [0.717, 1.165) is 16.5 Å². The standard InChI is InChI=1S/C18H13FN2O3/c1-11-6-8-13(9-7-11)21-17(23)14(16(22)20-18(21)24)10-12-4-2-3-5-15(12)19/h2-10H,1H3,(H,20,22,24)/b14-10+. The highest BCUT2D eigenvalue weighted by molar-refractivity contribution is 6.39. The van der Waals surface area contributed by atoms with Crippen molar-refractivity contribution in [2.75, 3.05) is 4.90 Å². The fourth-order valence-electron chi connectivity index (χ4n) is 2.33. The highest BCUT2D eigenvalue weighted by Crippen LogP contribution is 2.22. The van der Waals surface area contributed by atoms with E-state index in [9.17, 15) is 18.8 Å². The third-order valence-corrected chi connectivity index (χ3v) is 3.60. The van der Waals surface area contributed by atoms with Gasteiger partial charge in [0, 0.05) is 5.56 Å². The Morgan fingerprint density at radius 1 is 1.00 bits per heavy atom. The Kier molecular flexibility index (Phi) is 3.95. The monoisotopic (exact) mass is 324 g/mol. The second kappa shape index (κ2) is 6.08. The lowest BCUT2D eigenvalue weighted by atomic mass is 10.1. The summed E-state index contributed by atoms with van der Waals surface area (Å²) < 4.78 is 13.8. The number of imide groups is 2. The zero-order valence-corrected chi connectivity index (χ0v) is 12.7. The Hall–Kier alpha value is -3.28. The fourth-order valence-corrected chi connectivity index (χ4v) is 2.33. The van der Waals surface area contributed by atoms with Gasteiger partial charge in [-0.2, -0.15) is 0 Å². The van der Waals surface area contributed by atoms with Crippen LogP contribution < -0.4 is 10.2 Å². The van der Waals surface area contributed by atoms with Gasteiger partial charge < -0.3 is 0 Å². The average molecular weight is 324 g/mol. The molecule has 1 aliphatic heterocycles. The van der Waals surface area contributed by atoms with Crippen molar-refractivity contribution in [2.24, 2.45) is 0 Å². The number of amides is 4. The van der Waals surface area contributed by atoms with Gasteiger partial charge in [-0.15, -0.1) is 0 Å². The average Bonchev–Trinajstić information content (AvgIpc) is 2.54. The Bertz CT molecular complexity index is 872. The number of nitrogens with one attached hydrogen (secondary N) is 1. The fraction of sp³-hybridized carbons (Fsp3) is 0.0556. The third-order valence-electron chi connectivity index (χ3n) is 3.60. The van der Waals surface area contributed by atoms with Gasteiger partial charge in [-0.05, 0) is 31.2 Å². The van der Waals surface area contributed by atoms with Gasteiger partial charge in [-0.3, -0.25) is 14.9 Å². The third kappa shape index (κ3) is 2.81. The molecule has 120 valence electrons. The van der Waals surface area contributed by atoms with Crippen molar-refractivity contribution in [2.45, 2.75) is 6.92 Å². The molecular weight excluding hydrogens is 311 g/mol. The van der Waals surface area contributed by atoms with E-state index in [1.165, 1.54) is 18.2 Å². The smallest absolute Gasteiger partial charge is 0.273 e. The molecule has 1 saturated heterocycles. The number of barbiturate groups is 1. The molecular formula is C18H13FN2O3. The number of aryl methyl sites for hydroxylation is 1. The van der Waals surface area contributed by atoms with Crippen molar-refractivity contribution in [3.05, 3.63) is 71.0 Å². The van der Waals surface area contributed by atoms with Crippen molar-refractivity contribution < 1.29 is 18.8 Å². The summed E-state index contributed by atoms with van der Waals surface area (Å²) >= 11 is 0. The molecule has 4 amide bonds. The quantitative estimate of drug-likeness (QED) is 0.682. The number of anilines is 1. The molecule has 24 heavy (non-hydrogen) atoms. The van der Waals surface area contributed by atoms with E-state index >= 15 is 0 Å². The number of hydrogen-bond acceptors (Lipinski definition) is 3. The zero-order valence-electron chi connectivity index (χ0n) is 12.7. The summed E-state index contributed by atoms with van der Waals surface area (Å²) in [6.07, 6.45) is 1.14. The number of nitrogens with zero attached hydrogens (tertiary/aromatic N) is 1. The summed E-state index contributed by atoms with van der Waals surface area (Å²) in [4.78, 5) is 37.5. The molecule has 0 unspecified atom stereocenters. The van der Waals surface area contributed by atoms with Crippen LogP contribution in [0.15, 0.2) is 54.1 Å². The van der Waals surface area contributed by atoms with Crippen molar-refractivity contribution in [3.8, 4) is 0 Å². The highest BCUT2D eigenvalue weighted by Gasteiger charge is 2.36. The van der Waals surface area contributed by atoms with Crippen molar-refractivity contribution in [1.82, 2.24) is 5.32 Å². The SMILES string of the molecule is Cc1ccc(N2C(=O)NC(=O)/C(=C\c3ccccc3F)C2=O)cc1. The summed E-state index contributed by atoms with van der Waals surface area (Å²) in [5.74, 6) is -2.21. The van der Waals surface area contributed by atoms with E-state index < -0.39 is 23.7 Å². The van der Waals surface area contributed by atoms with Crippen LogP contribution in [0, 0.1) is 12.7 Å². The molecule has 2 aromatic rings. The molecule has 1 heterocycles. The minimum Gasteiger partial charge on any atom is -0.273 e.